The van der Waals surface area contributed by atoms with E-state index in [0.29, 0.717) is 5.91 Å². The van der Waals surface area contributed by atoms with Gasteiger partial charge in [0.15, 0.2) is 0 Å². The van der Waals surface area contributed by atoms with Crippen LogP contribution in [0, 0.1) is 5.41 Å². The highest BCUT2D eigenvalue weighted by Gasteiger charge is 2.47. The van der Waals surface area contributed by atoms with Gasteiger partial charge < -0.3 is 9.32 Å². The molecule has 150 valence electrons. The van der Waals surface area contributed by atoms with E-state index in [-0.39, 0.29) is 5.41 Å². The van der Waals surface area contributed by atoms with Crippen LogP contribution < -0.4 is 0 Å². The van der Waals surface area contributed by atoms with Crippen molar-refractivity contribution in [1.29, 1.82) is 0 Å². The zero-order valence-corrected chi connectivity index (χ0v) is 16.6. The smallest absolute Gasteiger partial charge is 0.229 e. The van der Waals surface area contributed by atoms with Crippen LogP contribution in [0.15, 0.2) is 29.1 Å². The molecule has 7 heteroatoms. The SMILES string of the molecule is CN1CCC[C@@]2(CCN(Cc3cc4n(n3)CCN(Cc3ccoc3)C4)C2)C1=O. The van der Waals surface area contributed by atoms with E-state index in [0.717, 1.165) is 77.3 Å². The summed E-state index contributed by atoms with van der Waals surface area (Å²) < 4.78 is 7.35. The molecule has 7 nitrogen and oxygen atoms in total. The number of furan rings is 1. The van der Waals surface area contributed by atoms with Crippen LogP contribution in [0.5, 0.6) is 0 Å². The lowest BCUT2D eigenvalue weighted by Gasteiger charge is -2.37. The van der Waals surface area contributed by atoms with Gasteiger partial charge in [0.2, 0.25) is 5.91 Å². The van der Waals surface area contributed by atoms with E-state index in [2.05, 4.69) is 20.5 Å². The maximum atomic E-state index is 12.7. The number of rotatable bonds is 4. The monoisotopic (exact) mass is 383 g/mol. The lowest BCUT2D eigenvalue weighted by molar-refractivity contribution is -0.143. The molecule has 1 spiro atoms. The number of aromatic nitrogens is 2. The Kier molecular flexibility index (Phi) is 4.51. The summed E-state index contributed by atoms with van der Waals surface area (Å²) in [4.78, 5) is 19.5. The number of piperidine rings is 1. The maximum Gasteiger partial charge on any atom is 0.229 e. The third-order valence-corrected chi connectivity index (χ3v) is 6.68. The molecule has 2 saturated heterocycles. The lowest BCUT2D eigenvalue weighted by Crippen LogP contribution is -2.48. The van der Waals surface area contributed by atoms with Crippen molar-refractivity contribution in [1.82, 2.24) is 24.5 Å². The van der Waals surface area contributed by atoms with E-state index < -0.39 is 0 Å². The first-order chi connectivity index (χ1) is 13.6. The molecule has 0 aliphatic carbocycles. The first-order valence-electron chi connectivity index (χ1n) is 10.4. The van der Waals surface area contributed by atoms with Crippen LogP contribution in [-0.2, 0) is 31.0 Å². The normalized spacial score (nSPS) is 26.3. The van der Waals surface area contributed by atoms with Crippen molar-refractivity contribution in [2.45, 2.75) is 45.4 Å². The quantitative estimate of drug-likeness (QED) is 0.808. The lowest BCUT2D eigenvalue weighted by atomic mass is 9.78. The van der Waals surface area contributed by atoms with Gasteiger partial charge in [-0.25, -0.2) is 0 Å². The summed E-state index contributed by atoms with van der Waals surface area (Å²) in [6.45, 7) is 7.41. The molecule has 2 aromatic heterocycles. The molecule has 0 unspecified atom stereocenters. The Labute approximate surface area is 165 Å². The zero-order valence-electron chi connectivity index (χ0n) is 16.6. The van der Waals surface area contributed by atoms with Crippen LogP contribution in [-0.4, -0.2) is 63.6 Å². The van der Waals surface area contributed by atoms with E-state index in [1.165, 1.54) is 11.3 Å². The third kappa shape index (κ3) is 3.26. The Hall–Kier alpha value is -2.12. The van der Waals surface area contributed by atoms with E-state index in [9.17, 15) is 4.79 Å². The zero-order chi connectivity index (χ0) is 19.1. The molecule has 0 aromatic carbocycles. The molecular weight excluding hydrogens is 354 g/mol. The molecule has 0 saturated carbocycles. The summed E-state index contributed by atoms with van der Waals surface area (Å²) in [6.07, 6.45) is 6.71. The molecule has 2 aromatic rings. The van der Waals surface area contributed by atoms with Crippen molar-refractivity contribution in [3.63, 3.8) is 0 Å². The standard InChI is InChI=1S/C21H29N5O2/c1-23-6-2-4-21(20(23)27)5-7-25(16-21)13-18-11-19-14-24(8-9-26(19)22-18)12-17-3-10-28-15-17/h3,10-11,15H,2,4-9,12-14,16H2,1H3/t21-/m0/s1. The summed E-state index contributed by atoms with van der Waals surface area (Å²) in [5, 5.41) is 4.85. The largest absolute Gasteiger partial charge is 0.472 e. The van der Waals surface area contributed by atoms with Crippen molar-refractivity contribution >= 4 is 5.91 Å². The van der Waals surface area contributed by atoms with Crippen molar-refractivity contribution < 1.29 is 9.21 Å². The summed E-state index contributed by atoms with van der Waals surface area (Å²) >= 11 is 0. The first-order valence-corrected chi connectivity index (χ1v) is 10.4. The summed E-state index contributed by atoms with van der Waals surface area (Å²) in [6, 6.07) is 4.28. The van der Waals surface area contributed by atoms with Gasteiger partial charge in [-0.1, -0.05) is 0 Å². The predicted octanol–water partition coefficient (Wildman–Crippen LogP) is 1.94. The highest BCUT2D eigenvalue weighted by Crippen LogP contribution is 2.40. The fourth-order valence-electron chi connectivity index (χ4n) is 5.20. The molecule has 0 radical (unpaired) electrons. The van der Waals surface area contributed by atoms with E-state index in [1.54, 1.807) is 6.26 Å². The number of likely N-dealkylation sites (tertiary alicyclic amines) is 2. The first kappa shape index (κ1) is 17.9. The number of hydrogen-bond donors (Lipinski definition) is 0. The second-order valence-electron chi connectivity index (χ2n) is 8.76. The minimum atomic E-state index is -0.145. The van der Waals surface area contributed by atoms with E-state index >= 15 is 0 Å². The highest BCUT2D eigenvalue weighted by molar-refractivity contribution is 5.83. The van der Waals surface area contributed by atoms with E-state index in [1.807, 2.05) is 24.3 Å². The second kappa shape index (κ2) is 7.04. The Morgan fingerprint density at radius 2 is 2.07 bits per heavy atom. The van der Waals surface area contributed by atoms with Crippen molar-refractivity contribution in [3.8, 4) is 0 Å². The Morgan fingerprint density at radius 3 is 2.93 bits per heavy atom. The molecule has 0 bridgehead atoms. The van der Waals surface area contributed by atoms with Gasteiger partial charge in [-0.05, 0) is 37.9 Å². The molecule has 3 aliphatic rings. The maximum absolute atomic E-state index is 12.7. The van der Waals surface area contributed by atoms with Crippen molar-refractivity contribution in [2.24, 2.45) is 5.41 Å². The molecule has 5 heterocycles. The van der Waals surface area contributed by atoms with Crippen molar-refractivity contribution in [2.75, 3.05) is 33.2 Å². The molecule has 0 N–H and O–H groups in total. The topological polar surface area (TPSA) is 57.8 Å². The van der Waals surface area contributed by atoms with Gasteiger partial charge in [0, 0.05) is 51.9 Å². The average molecular weight is 383 g/mol. The fraction of sp³-hybridized carbons (Fsp3) is 0.619. The number of nitrogens with zero attached hydrogens (tertiary/aromatic N) is 5. The molecule has 1 atom stereocenters. The van der Waals surface area contributed by atoms with Crippen LogP contribution in [0.1, 0.15) is 36.2 Å². The third-order valence-electron chi connectivity index (χ3n) is 6.68. The van der Waals surface area contributed by atoms with Gasteiger partial charge in [0.25, 0.3) is 0 Å². The average Bonchev–Trinajstić information content (AvgIpc) is 3.41. The summed E-state index contributed by atoms with van der Waals surface area (Å²) in [5.74, 6) is 0.347. The molecule has 5 rings (SSSR count). The Balaban J connectivity index is 1.22. The number of amides is 1. The number of carbonyl (C=O) groups is 1. The van der Waals surface area contributed by atoms with Gasteiger partial charge in [-0.3, -0.25) is 19.3 Å². The van der Waals surface area contributed by atoms with Crippen LogP contribution >= 0.6 is 0 Å². The second-order valence-corrected chi connectivity index (χ2v) is 8.76. The number of carbonyl (C=O) groups excluding carboxylic acids is 1. The van der Waals surface area contributed by atoms with Crippen LogP contribution in [0.25, 0.3) is 0 Å². The summed E-state index contributed by atoms with van der Waals surface area (Å²) in [5.41, 5.74) is 3.49. The number of fused-ring (bicyclic) bond motifs is 1. The minimum absolute atomic E-state index is 0.145. The fourth-order valence-corrected chi connectivity index (χ4v) is 5.20. The molecule has 2 fully saturated rings. The van der Waals surface area contributed by atoms with Crippen LogP contribution in [0.3, 0.4) is 0 Å². The summed E-state index contributed by atoms with van der Waals surface area (Å²) in [7, 11) is 1.95. The van der Waals surface area contributed by atoms with E-state index in [4.69, 9.17) is 9.52 Å². The van der Waals surface area contributed by atoms with Gasteiger partial charge in [-0.2, -0.15) is 5.10 Å². The van der Waals surface area contributed by atoms with Crippen LogP contribution in [0.2, 0.25) is 0 Å². The molecule has 28 heavy (non-hydrogen) atoms. The number of hydrogen-bond acceptors (Lipinski definition) is 5. The van der Waals surface area contributed by atoms with Gasteiger partial charge >= 0.3 is 0 Å². The molecule has 3 aliphatic heterocycles. The van der Waals surface area contributed by atoms with Gasteiger partial charge in [0.1, 0.15) is 0 Å². The van der Waals surface area contributed by atoms with Gasteiger partial charge in [-0.15, -0.1) is 0 Å². The van der Waals surface area contributed by atoms with Crippen molar-refractivity contribution in [3.05, 3.63) is 41.6 Å². The van der Waals surface area contributed by atoms with Crippen LogP contribution in [0.4, 0.5) is 0 Å². The minimum Gasteiger partial charge on any atom is -0.472 e. The van der Waals surface area contributed by atoms with Gasteiger partial charge in [0.05, 0.1) is 35.9 Å². The Morgan fingerprint density at radius 1 is 1.14 bits per heavy atom. The predicted molar refractivity (Wildman–Crippen MR) is 104 cm³/mol. The molecular formula is C21H29N5O2. The molecule has 1 amide bonds. The Bertz CT molecular complexity index is 845. The highest BCUT2D eigenvalue weighted by atomic mass is 16.3.